The van der Waals surface area contributed by atoms with Crippen molar-refractivity contribution in [3.8, 4) is 0 Å². The average Bonchev–Trinajstić information content (AvgIpc) is 2.35. The summed E-state index contributed by atoms with van der Waals surface area (Å²) in [6, 6.07) is 0. The molecule has 24 heavy (non-hydrogen) atoms. The normalized spacial score (nSPS) is 21.1. The molecular weight excluding hydrogens is 330 g/mol. The Morgan fingerprint density at radius 3 is 1.33 bits per heavy atom. The Balaban J connectivity index is 3.10. The van der Waals surface area contributed by atoms with Gasteiger partial charge in [0.05, 0.1) is 10.8 Å². The van der Waals surface area contributed by atoms with E-state index in [2.05, 4.69) is 0 Å². The van der Waals surface area contributed by atoms with E-state index in [0.717, 1.165) is 47.0 Å². The zero-order chi connectivity index (χ0) is 19.0. The largest absolute Gasteiger partial charge is 0.393 e. The van der Waals surface area contributed by atoms with Crippen molar-refractivity contribution >= 4 is 0 Å². The Morgan fingerprint density at radius 2 is 1.08 bits per heavy atom. The van der Waals surface area contributed by atoms with Crippen LogP contribution in [0.5, 0.6) is 0 Å². The maximum atomic E-state index is 13.3. The van der Waals surface area contributed by atoms with Gasteiger partial charge in [-0.1, -0.05) is 41.0 Å². The molecule has 6 heteroatoms. The number of alkyl halides is 6. The van der Waals surface area contributed by atoms with Crippen LogP contribution in [0.3, 0.4) is 0 Å². The van der Waals surface area contributed by atoms with Crippen molar-refractivity contribution in [1.82, 2.24) is 0 Å². The van der Waals surface area contributed by atoms with E-state index in [-0.39, 0.29) is 12.8 Å². The van der Waals surface area contributed by atoms with Gasteiger partial charge in [-0.2, -0.15) is 26.3 Å². The lowest BCUT2D eigenvalue weighted by Gasteiger charge is -2.48. The third-order valence-corrected chi connectivity index (χ3v) is 5.91. The van der Waals surface area contributed by atoms with Crippen LogP contribution in [0.1, 0.15) is 79.6 Å². The standard InChI is InChI=1S/C18H30F6/c1-6-13-7-9-16(10-8-13,11-14(2,3)17(19,20)21)12-15(4,5)18(22,23)24/h13H,6-12H2,1-5H3. The highest BCUT2D eigenvalue weighted by Gasteiger charge is 2.56. The lowest BCUT2D eigenvalue weighted by molar-refractivity contribution is -0.241. The first-order valence-corrected chi connectivity index (χ1v) is 8.69. The Hall–Kier alpha value is -0.420. The van der Waals surface area contributed by atoms with Crippen LogP contribution in [-0.4, -0.2) is 12.4 Å². The molecule has 0 aliphatic heterocycles. The van der Waals surface area contributed by atoms with Crippen molar-refractivity contribution < 1.29 is 26.3 Å². The van der Waals surface area contributed by atoms with E-state index in [1.54, 1.807) is 0 Å². The molecule has 0 spiro atoms. The molecule has 1 aliphatic rings. The van der Waals surface area contributed by atoms with Crippen LogP contribution in [0, 0.1) is 22.2 Å². The minimum Gasteiger partial charge on any atom is -0.171 e. The van der Waals surface area contributed by atoms with Crippen LogP contribution < -0.4 is 0 Å². The molecule has 0 radical (unpaired) electrons. The smallest absolute Gasteiger partial charge is 0.171 e. The van der Waals surface area contributed by atoms with Crippen LogP contribution in [0.25, 0.3) is 0 Å². The minimum absolute atomic E-state index is 0.237. The van der Waals surface area contributed by atoms with Gasteiger partial charge in [-0.15, -0.1) is 0 Å². The zero-order valence-electron chi connectivity index (χ0n) is 15.3. The number of rotatable bonds is 5. The van der Waals surface area contributed by atoms with E-state index in [9.17, 15) is 26.3 Å². The third-order valence-electron chi connectivity index (χ3n) is 5.91. The van der Waals surface area contributed by atoms with Crippen LogP contribution in [0.2, 0.25) is 0 Å². The van der Waals surface area contributed by atoms with Crippen molar-refractivity contribution in [2.24, 2.45) is 22.2 Å². The highest BCUT2D eigenvalue weighted by Crippen LogP contribution is 2.58. The molecule has 0 nitrogen and oxygen atoms in total. The van der Waals surface area contributed by atoms with Gasteiger partial charge in [0, 0.05) is 0 Å². The van der Waals surface area contributed by atoms with Crippen molar-refractivity contribution in [2.45, 2.75) is 91.9 Å². The topological polar surface area (TPSA) is 0 Å². The minimum atomic E-state index is -4.41. The fraction of sp³-hybridized carbons (Fsp3) is 1.00. The number of halogens is 6. The lowest BCUT2D eigenvalue weighted by Crippen LogP contribution is -2.45. The Kier molecular flexibility index (Phi) is 6.05. The molecule has 0 aromatic rings. The third kappa shape index (κ3) is 4.81. The van der Waals surface area contributed by atoms with E-state index in [0.29, 0.717) is 18.8 Å². The van der Waals surface area contributed by atoms with E-state index in [1.807, 2.05) is 6.92 Å². The van der Waals surface area contributed by atoms with E-state index >= 15 is 0 Å². The summed E-state index contributed by atoms with van der Waals surface area (Å²) in [4.78, 5) is 0. The average molecular weight is 360 g/mol. The Bertz CT molecular complexity index is 378. The predicted octanol–water partition coefficient (Wildman–Crippen LogP) is 7.53. The van der Waals surface area contributed by atoms with Crippen molar-refractivity contribution in [1.29, 1.82) is 0 Å². The fourth-order valence-corrected chi connectivity index (χ4v) is 4.19. The lowest BCUT2D eigenvalue weighted by atomic mass is 9.58. The quantitative estimate of drug-likeness (QED) is 0.444. The maximum Gasteiger partial charge on any atom is 0.393 e. The first-order valence-electron chi connectivity index (χ1n) is 8.69. The molecule has 0 amide bonds. The Morgan fingerprint density at radius 1 is 0.750 bits per heavy atom. The van der Waals surface area contributed by atoms with Gasteiger partial charge < -0.3 is 0 Å². The molecule has 0 unspecified atom stereocenters. The van der Waals surface area contributed by atoms with Gasteiger partial charge in [0.25, 0.3) is 0 Å². The molecule has 0 aromatic heterocycles. The molecule has 0 N–H and O–H groups in total. The summed E-state index contributed by atoms with van der Waals surface area (Å²) in [5, 5.41) is 0. The van der Waals surface area contributed by atoms with Gasteiger partial charge >= 0.3 is 12.4 Å². The molecular formula is C18H30F6. The summed E-state index contributed by atoms with van der Waals surface area (Å²) in [5.74, 6) is 0.418. The van der Waals surface area contributed by atoms with E-state index in [4.69, 9.17) is 0 Å². The molecule has 0 heterocycles. The summed E-state index contributed by atoms with van der Waals surface area (Å²) in [6.07, 6.45) is -6.03. The SMILES string of the molecule is CCC1CCC(CC(C)(C)C(F)(F)F)(CC(C)(C)C(F)(F)F)CC1. The molecule has 0 saturated heterocycles. The first kappa shape index (κ1) is 21.6. The molecule has 0 atom stereocenters. The molecule has 144 valence electrons. The van der Waals surface area contributed by atoms with Crippen molar-refractivity contribution in [3.63, 3.8) is 0 Å². The number of hydrogen-bond donors (Lipinski definition) is 0. The second-order valence-corrected chi connectivity index (χ2v) is 8.97. The van der Waals surface area contributed by atoms with Crippen LogP contribution in [-0.2, 0) is 0 Å². The predicted molar refractivity (Wildman–Crippen MR) is 83.6 cm³/mol. The van der Waals surface area contributed by atoms with E-state index in [1.165, 1.54) is 0 Å². The fourth-order valence-electron chi connectivity index (χ4n) is 4.19. The van der Waals surface area contributed by atoms with Crippen LogP contribution >= 0.6 is 0 Å². The van der Waals surface area contributed by atoms with Gasteiger partial charge in [0.2, 0.25) is 0 Å². The molecule has 1 aliphatic carbocycles. The van der Waals surface area contributed by atoms with Gasteiger partial charge in [-0.05, 0) is 49.9 Å². The molecule has 1 fully saturated rings. The second-order valence-electron chi connectivity index (χ2n) is 8.97. The van der Waals surface area contributed by atoms with Crippen LogP contribution in [0.15, 0.2) is 0 Å². The molecule has 0 aromatic carbocycles. The second kappa shape index (κ2) is 6.71. The summed E-state index contributed by atoms with van der Waals surface area (Å²) in [7, 11) is 0. The Labute approximate surface area is 141 Å². The highest BCUT2D eigenvalue weighted by molar-refractivity contribution is 4.96. The summed E-state index contributed by atoms with van der Waals surface area (Å²) >= 11 is 0. The molecule has 1 rings (SSSR count). The van der Waals surface area contributed by atoms with Crippen LogP contribution in [0.4, 0.5) is 26.3 Å². The monoisotopic (exact) mass is 360 g/mol. The van der Waals surface area contributed by atoms with Gasteiger partial charge in [0.15, 0.2) is 0 Å². The number of hydrogen-bond acceptors (Lipinski definition) is 0. The van der Waals surface area contributed by atoms with E-state index < -0.39 is 28.6 Å². The summed E-state index contributed by atoms with van der Waals surface area (Å²) in [6.45, 7) is 6.47. The zero-order valence-corrected chi connectivity index (χ0v) is 15.3. The van der Waals surface area contributed by atoms with Crippen molar-refractivity contribution in [2.75, 3.05) is 0 Å². The van der Waals surface area contributed by atoms with Gasteiger partial charge in [-0.3, -0.25) is 0 Å². The van der Waals surface area contributed by atoms with Gasteiger partial charge in [0.1, 0.15) is 0 Å². The maximum absolute atomic E-state index is 13.3. The van der Waals surface area contributed by atoms with Gasteiger partial charge in [-0.25, -0.2) is 0 Å². The highest BCUT2D eigenvalue weighted by atomic mass is 19.4. The summed E-state index contributed by atoms with van der Waals surface area (Å²) < 4.78 is 80.1. The summed E-state index contributed by atoms with van der Waals surface area (Å²) in [5.41, 5.74) is -4.86. The van der Waals surface area contributed by atoms with Crippen molar-refractivity contribution in [3.05, 3.63) is 0 Å². The molecule has 0 bridgehead atoms. The molecule has 1 saturated carbocycles. The first-order chi connectivity index (χ1) is 10.6.